The van der Waals surface area contributed by atoms with Crippen LogP contribution in [0.2, 0.25) is 0 Å². The van der Waals surface area contributed by atoms with Crippen LogP contribution in [0.4, 0.5) is 5.82 Å². The second kappa shape index (κ2) is 7.18. The van der Waals surface area contributed by atoms with Gasteiger partial charge in [0.15, 0.2) is 5.65 Å². The first-order chi connectivity index (χ1) is 13.0. The second-order valence-corrected chi connectivity index (χ2v) is 7.81. The van der Waals surface area contributed by atoms with E-state index >= 15 is 0 Å². The zero-order chi connectivity index (χ0) is 19.0. The first-order valence-electron chi connectivity index (χ1n) is 9.80. The molecule has 1 saturated carbocycles. The monoisotopic (exact) mass is 366 g/mol. The third-order valence-corrected chi connectivity index (χ3v) is 5.17. The van der Waals surface area contributed by atoms with Gasteiger partial charge in [0.05, 0.1) is 11.0 Å². The quantitative estimate of drug-likeness (QED) is 0.696. The molecule has 4 rings (SSSR count). The number of ether oxygens (including phenoxy) is 1. The van der Waals surface area contributed by atoms with Gasteiger partial charge in [0.25, 0.3) is 0 Å². The van der Waals surface area contributed by atoms with Crippen LogP contribution >= 0.6 is 0 Å². The second-order valence-electron chi connectivity index (χ2n) is 7.81. The number of hydrogen-bond donors (Lipinski definition) is 1. The highest BCUT2D eigenvalue weighted by Crippen LogP contribution is 2.30. The number of esters is 1. The summed E-state index contributed by atoms with van der Waals surface area (Å²) in [6.45, 7) is 4.89. The van der Waals surface area contributed by atoms with Crippen molar-refractivity contribution in [2.24, 2.45) is 5.92 Å². The highest BCUT2D eigenvalue weighted by Gasteiger charge is 2.27. The fourth-order valence-electron chi connectivity index (χ4n) is 3.86. The van der Waals surface area contributed by atoms with E-state index in [1.165, 1.54) is 6.42 Å². The van der Waals surface area contributed by atoms with E-state index in [9.17, 15) is 4.79 Å². The number of benzene rings is 1. The lowest BCUT2D eigenvalue weighted by molar-refractivity contribution is 0.0214. The Bertz CT molecular complexity index is 987. The first-order valence-corrected chi connectivity index (χ1v) is 9.80. The van der Waals surface area contributed by atoms with Crippen molar-refractivity contribution >= 4 is 34.0 Å². The Morgan fingerprint density at radius 2 is 1.85 bits per heavy atom. The Labute approximate surface area is 158 Å². The largest absolute Gasteiger partial charge is 0.459 e. The number of anilines is 1. The first kappa shape index (κ1) is 17.8. The summed E-state index contributed by atoms with van der Waals surface area (Å²) < 4.78 is 7.70. The summed E-state index contributed by atoms with van der Waals surface area (Å²) in [5.74, 6) is 0.379. The molecule has 0 amide bonds. The average molecular weight is 366 g/mol. The van der Waals surface area contributed by atoms with Gasteiger partial charge in [0.1, 0.15) is 23.0 Å². The zero-order valence-electron chi connectivity index (χ0n) is 15.9. The van der Waals surface area contributed by atoms with Crippen LogP contribution in [0.15, 0.2) is 24.3 Å². The molecule has 0 aliphatic heterocycles. The molecule has 0 radical (unpaired) electrons. The topological polar surface area (TPSA) is 83.0 Å². The standard InChI is InChI=1S/C21H26N4O2/c1-13(2)12-25-19(22)17(21(26)27-14-8-4-3-5-9-14)18-20(25)24-16-11-7-6-10-15(16)23-18/h6-7,10-11,13-14H,3-5,8-9,12,22H2,1-2H3. The molecule has 0 atom stereocenters. The smallest absolute Gasteiger partial charge is 0.344 e. The van der Waals surface area contributed by atoms with Crippen molar-refractivity contribution < 1.29 is 9.53 Å². The van der Waals surface area contributed by atoms with Crippen molar-refractivity contribution in [3.63, 3.8) is 0 Å². The Balaban J connectivity index is 1.83. The molecule has 0 spiro atoms. The van der Waals surface area contributed by atoms with E-state index in [-0.39, 0.29) is 12.1 Å². The van der Waals surface area contributed by atoms with Crippen molar-refractivity contribution in [1.82, 2.24) is 14.5 Å². The van der Waals surface area contributed by atoms with Gasteiger partial charge in [-0.05, 0) is 43.7 Å². The molecular formula is C21H26N4O2. The summed E-state index contributed by atoms with van der Waals surface area (Å²) in [4.78, 5) is 22.5. The predicted molar refractivity (Wildman–Crippen MR) is 107 cm³/mol. The lowest BCUT2D eigenvalue weighted by Gasteiger charge is -2.21. The molecule has 1 aliphatic carbocycles. The van der Waals surface area contributed by atoms with Gasteiger partial charge in [-0.1, -0.05) is 32.4 Å². The minimum Gasteiger partial charge on any atom is -0.459 e. The highest BCUT2D eigenvalue weighted by molar-refractivity contribution is 6.08. The molecule has 142 valence electrons. The van der Waals surface area contributed by atoms with Gasteiger partial charge < -0.3 is 15.0 Å². The summed E-state index contributed by atoms with van der Waals surface area (Å²) >= 11 is 0. The molecule has 3 aromatic rings. The summed E-state index contributed by atoms with van der Waals surface area (Å²) in [5.41, 5.74) is 9.49. The van der Waals surface area contributed by atoms with Crippen LogP contribution in [0, 0.1) is 5.92 Å². The van der Waals surface area contributed by atoms with Crippen molar-refractivity contribution in [1.29, 1.82) is 0 Å². The fourth-order valence-corrected chi connectivity index (χ4v) is 3.86. The molecule has 1 aromatic carbocycles. The summed E-state index contributed by atoms with van der Waals surface area (Å²) in [6, 6.07) is 7.66. The van der Waals surface area contributed by atoms with E-state index in [4.69, 9.17) is 20.4 Å². The number of nitrogens with two attached hydrogens (primary N) is 1. The maximum absolute atomic E-state index is 13.0. The van der Waals surface area contributed by atoms with Crippen LogP contribution in [0.25, 0.3) is 22.2 Å². The van der Waals surface area contributed by atoms with E-state index < -0.39 is 0 Å². The van der Waals surface area contributed by atoms with Crippen molar-refractivity contribution in [2.45, 2.75) is 58.6 Å². The number of nitrogens with zero attached hydrogens (tertiary/aromatic N) is 3. The van der Waals surface area contributed by atoms with Gasteiger partial charge in [0.2, 0.25) is 0 Å². The van der Waals surface area contributed by atoms with Crippen LogP contribution in [0.3, 0.4) is 0 Å². The summed E-state index contributed by atoms with van der Waals surface area (Å²) in [5, 5.41) is 0. The van der Waals surface area contributed by atoms with Crippen LogP contribution in [-0.2, 0) is 11.3 Å². The minimum atomic E-state index is -0.378. The van der Waals surface area contributed by atoms with Crippen molar-refractivity contribution in [3.8, 4) is 0 Å². The molecule has 6 nitrogen and oxygen atoms in total. The molecule has 0 bridgehead atoms. The van der Waals surface area contributed by atoms with Crippen molar-refractivity contribution in [3.05, 3.63) is 29.8 Å². The molecule has 0 unspecified atom stereocenters. The van der Waals surface area contributed by atoms with Gasteiger partial charge in [-0.15, -0.1) is 0 Å². The molecule has 2 heterocycles. The number of rotatable bonds is 4. The zero-order valence-corrected chi connectivity index (χ0v) is 15.9. The number of para-hydroxylation sites is 2. The van der Waals surface area contributed by atoms with Crippen LogP contribution in [0.5, 0.6) is 0 Å². The van der Waals surface area contributed by atoms with E-state index in [0.717, 1.165) is 36.7 Å². The molecule has 6 heteroatoms. The van der Waals surface area contributed by atoms with Crippen LogP contribution < -0.4 is 5.73 Å². The molecule has 0 saturated heterocycles. The molecule has 2 aromatic heterocycles. The minimum absolute atomic E-state index is 0.0254. The van der Waals surface area contributed by atoms with Crippen molar-refractivity contribution in [2.75, 3.05) is 5.73 Å². The number of carbonyl (C=O) groups excluding carboxylic acids is 1. The average Bonchev–Trinajstić information content (AvgIpc) is 2.91. The summed E-state index contributed by atoms with van der Waals surface area (Å²) in [7, 11) is 0. The fraction of sp³-hybridized carbons (Fsp3) is 0.476. The third-order valence-electron chi connectivity index (χ3n) is 5.17. The van der Waals surface area contributed by atoms with Crippen LogP contribution in [0.1, 0.15) is 56.3 Å². The molecule has 1 aliphatic rings. The van der Waals surface area contributed by atoms with E-state index in [1.807, 2.05) is 28.8 Å². The Hall–Kier alpha value is -2.63. The molecule has 1 fully saturated rings. The van der Waals surface area contributed by atoms with Gasteiger partial charge >= 0.3 is 5.97 Å². The maximum Gasteiger partial charge on any atom is 0.344 e. The van der Waals surface area contributed by atoms with Gasteiger partial charge in [0, 0.05) is 6.54 Å². The Morgan fingerprint density at radius 3 is 2.52 bits per heavy atom. The lowest BCUT2D eigenvalue weighted by Crippen LogP contribution is -2.21. The number of aromatic nitrogens is 3. The van der Waals surface area contributed by atoms with E-state index in [1.54, 1.807) is 0 Å². The Morgan fingerprint density at radius 1 is 1.19 bits per heavy atom. The van der Waals surface area contributed by atoms with Gasteiger partial charge in [-0.2, -0.15) is 0 Å². The summed E-state index contributed by atoms with van der Waals surface area (Å²) in [6.07, 6.45) is 5.24. The van der Waals surface area contributed by atoms with Gasteiger partial charge in [-0.3, -0.25) is 0 Å². The van der Waals surface area contributed by atoms with Crippen LogP contribution in [-0.4, -0.2) is 26.6 Å². The molecule has 27 heavy (non-hydrogen) atoms. The normalized spacial score (nSPS) is 15.7. The highest BCUT2D eigenvalue weighted by atomic mass is 16.5. The Kier molecular flexibility index (Phi) is 4.72. The van der Waals surface area contributed by atoms with E-state index in [0.29, 0.717) is 35.0 Å². The molecule has 2 N–H and O–H groups in total. The number of fused-ring (bicyclic) bond motifs is 2. The number of carbonyl (C=O) groups is 1. The SMILES string of the molecule is CC(C)Cn1c(N)c(C(=O)OC2CCCCC2)c2nc3ccccc3nc21. The predicted octanol–water partition coefficient (Wildman–Crippen LogP) is 4.31. The molecular weight excluding hydrogens is 340 g/mol. The number of hydrogen-bond acceptors (Lipinski definition) is 5. The number of nitrogen functional groups attached to an aromatic ring is 1. The maximum atomic E-state index is 13.0. The third kappa shape index (κ3) is 3.36. The van der Waals surface area contributed by atoms with E-state index in [2.05, 4.69) is 13.8 Å². The lowest BCUT2D eigenvalue weighted by atomic mass is 9.98. The van der Waals surface area contributed by atoms with Gasteiger partial charge in [-0.25, -0.2) is 14.8 Å².